The number of hydrogen-bond acceptors (Lipinski definition) is 4. The van der Waals surface area contributed by atoms with Crippen molar-refractivity contribution in [2.24, 2.45) is 5.14 Å². The number of nitrogens with two attached hydrogens (primary N) is 1. The number of sulfonamides is 1. The van der Waals surface area contributed by atoms with Crippen molar-refractivity contribution in [3.63, 3.8) is 0 Å². The lowest BCUT2D eigenvalue weighted by atomic mass is 10.1. The van der Waals surface area contributed by atoms with Crippen molar-refractivity contribution in [2.45, 2.75) is 39.3 Å². The predicted molar refractivity (Wildman–Crippen MR) is 81.2 cm³/mol. The highest BCUT2D eigenvalue weighted by molar-refractivity contribution is 7.89. The summed E-state index contributed by atoms with van der Waals surface area (Å²) >= 11 is 0. The fourth-order valence-corrected chi connectivity index (χ4v) is 2.36. The van der Waals surface area contributed by atoms with Crippen LogP contribution in [0.3, 0.4) is 0 Å². The number of nitrogens with one attached hydrogen (secondary N) is 1. The molecule has 6 heteroatoms. The molecule has 1 aromatic carbocycles. The van der Waals surface area contributed by atoms with Gasteiger partial charge in [-0.15, -0.1) is 0 Å². The predicted octanol–water partition coefficient (Wildman–Crippen LogP) is 1.80. The van der Waals surface area contributed by atoms with E-state index in [0.29, 0.717) is 13.0 Å². The molecule has 114 valence electrons. The summed E-state index contributed by atoms with van der Waals surface area (Å²) in [5, 5.41) is 8.22. The van der Waals surface area contributed by atoms with Gasteiger partial charge in [0.15, 0.2) is 0 Å². The zero-order valence-corrected chi connectivity index (χ0v) is 13.1. The molecular formula is C14H24N2O3S. The highest BCUT2D eigenvalue weighted by atomic mass is 32.2. The van der Waals surface area contributed by atoms with Gasteiger partial charge in [0.2, 0.25) is 10.0 Å². The zero-order valence-electron chi connectivity index (χ0n) is 12.3. The average Bonchev–Trinajstić information content (AvgIpc) is 2.33. The van der Waals surface area contributed by atoms with Crippen LogP contribution in [0.25, 0.3) is 0 Å². The van der Waals surface area contributed by atoms with Gasteiger partial charge < -0.3 is 10.1 Å². The molecule has 0 aliphatic carbocycles. The Bertz CT molecular complexity index is 498. The maximum Gasteiger partial charge on any atom is 0.209 e. The molecule has 1 aromatic rings. The second-order valence-corrected chi connectivity index (χ2v) is 6.87. The first kappa shape index (κ1) is 16.9. The van der Waals surface area contributed by atoms with Crippen LogP contribution in [0.1, 0.15) is 38.8 Å². The summed E-state index contributed by atoms with van der Waals surface area (Å²) in [6.07, 6.45) is 0.673. The molecule has 1 unspecified atom stereocenters. The molecule has 0 spiro atoms. The molecule has 0 bridgehead atoms. The molecule has 3 N–H and O–H groups in total. The standard InChI is InChI=1S/C14H24N2O3S/c1-11(2)19-14-7-5-13(6-8-14)12(3)16-9-4-10-20(15,17)18/h5-8,11-12,16H,4,9-10H2,1-3H3,(H2,15,17,18). The van der Waals surface area contributed by atoms with Crippen LogP contribution in [0.15, 0.2) is 24.3 Å². The summed E-state index contributed by atoms with van der Waals surface area (Å²) in [5.74, 6) is 0.860. The minimum atomic E-state index is -3.36. The van der Waals surface area contributed by atoms with Crippen molar-refractivity contribution in [1.29, 1.82) is 0 Å². The molecule has 0 aromatic heterocycles. The van der Waals surface area contributed by atoms with Crippen LogP contribution in [0, 0.1) is 0 Å². The molecule has 0 saturated carbocycles. The van der Waals surface area contributed by atoms with Crippen LogP contribution in [-0.2, 0) is 10.0 Å². The van der Waals surface area contributed by atoms with Crippen LogP contribution in [-0.4, -0.2) is 26.8 Å². The summed E-state index contributed by atoms with van der Waals surface area (Å²) < 4.78 is 27.2. The second-order valence-electron chi connectivity index (χ2n) is 5.13. The third-order valence-electron chi connectivity index (χ3n) is 2.81. The third kappa shape index (κ3) is 6.88. The van der Waals surface area contributed by atoms with Gasteiger partial charge >= 0.3 is 0 Å². The van der Waals surface area contributed by atoms with Gasteiger partial charge in [-0.3, -0.25) is 0 Å². The zero-order chi connectivity index (χ0) is 15.2. The van der Waals surface area contributed by atoms with E-state index in [0.717, 1.165) is 11.3 Å². The van der Waals surface area contributed by atoms with Crippen molar-refractivity contribution in [1.82, 2.24) is 5.32 Å². The Balaban J connectivity index is 2.41. The number of ether oxygens (including phenoxy) is 1. The first-order valence-corrected chi connectivity index (χ1v) is 8.50. The van der Waals surface area contributed by atoms with E-state index in [1.807, 2.05) is 45.0 Å². The minimum Gasteiger partial charge on any atom is -0.491 e. The molecule has 0 amide bonds. The first-order valence-electron chi connectivity index (χ1n) is 6.78. The van der Waals surface area contributed by atoms with Gasteiger partial charge in [-0.25, -0.2) is 13.6 Å². The van der Waals surface area contributed by atoms with E-state index >= 15 is 0 Å². The summed E-state index contributed by atoms with van der Waals surface area (Å²) in [6, 6.07) is 8.06. The van der Waals surface area contributed by atoms with Crippen LogP contribution >= 0.6 is 0 Å². The number of benzene rings is 1. The number of hydrogen-bond donors (Lipinski definition) is 2. The van der Waals surface area contributed by atoms with Crippen molar-refractivity contribution >= 4 is 10.0 Å². The van der Waals surface area contributed by atoms with Crippen molar-refractivity contribution in [2.75, 3.05) is 12.3 Å². The van der Waals surface area contributed by atoms with Crippen molar-refractivity contribution < 1.29 is 13.2 Å². The van der Waals surface area contributed by atoms with Gasteiger partial charge in [0.05, 0.1) is 11.9 Å². The van der Waals surface area contributed by atoms with Crippen molar-refractivity contribution in [3.05, 3.63) is 29.8 Å². The molecule has 0 aliphatic rings. The molecule has 0 radical (unpaired) electrons. The van der Waals surface area contributed by atoms with Crippen LogP contribution in [0.4, 0.5) is 0 Å². The topological polar surface area (TPSA) is 81.4 Å². The lowest BCUT2D eigenvalue weighted by Gasteiger charge is -2.15. The normalized spacial score (nSPS) is 13.4. The molecule has 5 nitrogen and oxygen atoms in total. The Hall–Kier alpha value is -1.11. The molecule has 0 heterocycles. The number of rotatable bonds is 8. The monoisotopic (exact) mass is 300 g/mol. The molecule has 1 atom stereocenters. The van der Waals surface area contributed by atoms with Gasteiger partial charge in [0, 0.05) is 6.04 Å². The quantitative estimate of drug-likeness (QED) is 0.717. The maximum atomic E-state index is 10.8. The van der Waals surface area contributed by atoms with Crippen molar-refractivity contribution in [3.8, 4) is 5.75 Å². The first-order chi connectivity index (χ1) is 9.28. The Morgan fingerprint density at radius 3 is 2.30 bits per heavy atom. The molecule has 0 fully saturated rings. The van der Waals surface area contributed by atoms with E-state index < -0.39 is 10.0 Å². The van der Waals surface area contributed by atoms with E-state index in [1.165, 1.54) is 0 Å². The van der Waals surface area contributed by atoms with E-state index in [2.05, 4.69) is 5.32 Å². The number of primary sulfonamides is 1. The fourth-order valence-electron chi connectivity index (χ4n) is 1.82. The SMILES string of the molecule is CC(C)Oc1ccc(C(C)NCCCS(N)(=O)=O)cc1. The van der Waals surface area contributed by atoms with Gasteiger partial charge in [0.25, 0.3) is 0 Å². The van der Waals surface area contributed by atoms with Gasteiger partial charge in [-0.1, -0.05) is 12.1 Å². The summed E-state index contributed by atoms with van der Waals surface area (Å²) in [6.45, 7) is 6.63. The third-order valence-corrected chi connectivity index (χ3v) is 3.67. The van der Waals surface area contributed by atoms with E-state index in [1.54, 1.807) is 0 Å². The largest absolute Gasteiger partial charge is 0.491 e. The minimum absolute atomic E-state index is 0.00782. The molecule has 0 saturated heterocycles. The van der Waals surface area contributed by atoms with E-state index in [-0.39, 0.29) is 17.9 Å². The van der Waals surface area contributed by atoms with Gasteiger partial charge in [-0.05, 0) is 51.4 Å². The van der Waals surface area contributed by atoms with E-state index in [9.17, 15) is 8.42 Å². The Morgan fingerprint density at radius 2 is 1.80 bits per heavy atom. The maximum absolute atomic E-state index is 10.8. The molecule has 1 rings (SSSR count). The van der Waals surface area contributed by atoms with Crippen LogP contribution < -0.4 is 15.2 Å². The molecular weight excluding hydrogens is 276 g/mol. The highest BCUT2D eigenvalue weighted by Gasteiger charge is 2.07. The summed E-state index contributed by atoms with van der Waals surface area (Å²) in [4.78, 5) is 0. The van der Waals surface area contributed by atoms with Crippen LogP contribution in [0.2, 0.25) is 0 Å². The fraction of sp³-hybridized carbons (Fsp3) is 0.571. The van der Waals surface area contributed by atoms with Gasteiger partial charge in [-0.2, -0.15) is 0 Å². The second kappa shape index (κ2) is 7.61. The average molecular weight is 300 g/mol. The summed E-state index contributed by atoms with van der Waals surface area (Å²) in [7, 11) is -3.36. The lowest BCUT2D eigenvalue weighted by Crippen LogP contribution is -2.24. The van der Waals surface area contributed by atoms with E-state index in [4.69, 9.17) is 9.88 Å². The molecule has 20 heavy (non-hydrogen) atoms. The Kier molecular flexibility index (Phi) is 6.45. The smallest absolute Gasteiger partial charge is 0.209 e. The lowest BCUT2D eigenvalue weighted by molar-refractivity contribution is 0.242. The van der Waals surface area contributed by atoms with Crippen LogP contribution in [0.5, 0.6) is 5.75 Å². The highest BCUT2D eigenvalue weighted by Crippen LogP contribution is 2.18. The summed E-state index contributed by atoms with van der Waals surface area (Å²) in [5.41, 5.74) is 1.14. The Morgan fingerprint density at radius 1 is 1.20 bits per heavy atom. The molecule has 0 aliphatic heterocycles. The van der Waals surface area contributed by atoms with Gasteiger partial charge in [0.1, 0.15) is 5.75 Å². The Labute approximate surface area is 121 Å².